The summed E-state index contributed by atoms with van der Waals surface area (Å²) in [6.07, 6.45) is 0. The number of nitrogens with one attached hydrogen (secondary N) is 1. The number of halogens is 1. The molecule has 0 fully saturated rings. The van der Waals surface area contributed by atoms with Crippen LogP contribution in [0.25, 0.3) is 0 Å². The Kier molecular flexibility index (Phi) is 3.89. The summed E-state index contributed by atoms with van der Waals surface area (Å²) in [5, 5.41) is 3.41. The molecule has 1 N–H and O–H groups in total. The zero-order valence-corrected chi connectivity index (χ0v) is 9.86. The SMILES string of the molecule is CCN[C@H](c1ccccc1)c1ccc(F)cc1. The van der Waals surface area contributed by atoms with Gasteiger partial charge in [0.25, 0.3) is 0 Å². The standard InChI is InChI=1S/C15H16FN/c1-2-17-15(12-6-4-3-5-7-12)13-8-10-14(16)11-9-13/h3-11,15,17H,2H2,1H3/t15-/m1/s1. The van der Waals surface area contributed by atoms with Crippen molar-refractivity contribution in [2.24, 2.45) is 0 Å². The molecule has 0 unspecified atom stereocenters. The third-order valence-corrected chi connectivity index (χ3v) is 2.74. The van der Waals surface area contributed by atoms with Crippen LogP contribution in [-0.2, 0) is 0 Å². The highest BCUT2D eigenvalue weighted by Gasteiger charge is 2.11. The maximum absolute atomic E-state index is 12.9. The summed E-state index contributed by atoms with van der Waals surface area (Å²) in [7, 11) is 0. The van der Waals surface area contributed by atoms with E-state index in [1.165, 1.54) is 17.7 Å². The van der Waals surface area contributed by atoms with E-state index in [4.69, 9.17) is 0 Å². The van der Waals surface area contributed by atoms with Crippen molar-refractivity contribution >= 4 is 0 Å². The summed E-state index contributed by atoms with van der Waals surface area (Å²) < 4.78 is 12.9. The molecule has 88 valence electrons. The maximum atomic E-state index is 12.9. The van der Waals surface area contributed by atoms with Crippen LogP contribution in [0.4, 0.5) is 4.39 Å². The highest BCUT2D eigenvalue weighted by molar-refractivity contribution is 5.31. The first-order valence-corrected chi connectivity index (χ1v) is 5.85. The number of hydrogen-bond acceptors (Lipinski definition) is 1. The second-order valence-electron chi connectivity index (χ2n) is 3.95. The van der Waals surface area contributed by atoms with E-state index in [-0.39, 0.29) is 11.9 Å². The second-order valence-corrected chi connectivity index (χ2v) is 3.95. The molecule has 2 rings (SSSR count). The Hall–Kier alpha value is -1.67. The van der Waals surface area contributed by atoms with Gasteiger partial charge in [0.05, 0.1) is 6.04 Å². The topological polar surface area (TPSA) is 12.0 Å². The quantitative estimate of drug-likeness (QED) is 0.845. The third-order valence-electron chi connectivity index (χ3n) is 2.74. The molecule has 0 saturated heterocycles. The Morgan fingerprint density at radius 2 is 1.53 bits per heavy atom. The molecule has 0 aromatic heterocycles. The summed E-state index contributed by atoms with van der Waals surface area (Å²) in [4.78, 5) is 0. The third kappa shape index (κ3) is 2.92. The molecule has 0 aliphatic heterocycles. The molecule has 0 heterocycles. The van der Waals surface area contributed by atoms with Gasteiger partial charge in [-0.2, -0.15) is 0 Å². The molecule has 0 radical (unpaired) electrons. The van der Waals surface area contributed by atoms with Gasteiger partial charge in [-0.25, -0.2) is 4.39 Å². The molecule has 0 amide bonds. The van der Waals surface area contributed by atoms with E-state index in [2.05, 4.69) is 24.4 Å². The molecule has 17 heavy (non-hydrogen) atoms. The number of benzene rings is 2. The fourth-order valence-corrected chi connectivity index (χ4v) is 1.93. The van der Waals surface area contributed by atoms with Crippen LogP contribution in [0.5, 0.6) is 0 Å². The van der Waals surface area contributed by atoms with Gasteiger partial charge < -0.3 is 5.32 Å². The van der Waals surface area contributed by atoms with Crippen LogP contribution in [0.3, 0.4) is 0 Å². The van der Waals surface area contributed by atoms with E-state index in [1.807, 2.05) is 30.3 Å². The molecule has 0 spiro atoms. The van der Waals surface area contributed by atoms with Gasteiger partial charge in [-0.05, 0) is 29.8 Å². The fraction of sp³-hybridized carbons (Fsp3) is 0.200. The van der Waals surface area contributed by atoms with Gasteiger partial charge in [-0.1, -0.05) is 49.4 Å². The predicted octanol–water partition coefficient (Wildman–Crippen LogP) is 3.52. The van der Waals surface area contributed by atoms with Crippen molar-refractivity contribution in [3.63, 3.8) is 0 Å². The van der Waals surface area contributed by atoms with Gasteiger partial charge in [-0.3, -0.25) is 0 Å². The van der Waals surface area contributed by atoms with E-state index < -0.39 is 0 Å². The van der Waals surface area contributed by atoms with Crippen molar-refractivity contribution in [2.45, 2.75) is 13.0 Å². The molecular formula is C15H16FN. The van der Waals surface area contributed by atoms with Gasteiger partial charge in [0.1, 0.15) is 5.82 Å². The lowest BCUT2D eigenvalue weighted by molar-refractivity contribution is 0.613. The average Bonchev–Trinajstić information content (AvgIpc) is 2.38. The lowest BCUT2D eigenvalue weighted by atomic mass is 9.99. The Morgan fingerprint density at radius 3 is 2.12 bits per heavy atom. The normalized spacial score (nSPS) is 12.4. The van der Waals surface area contributed by atoms with Crippen molar-refractivity contribution in [2.75, 3.05) is 6.54 Å². The van der Waals surface area contributed by atoms with Crippen LogP contribution < -0.4 is 5.32 Å². The molecule has 0 aliphatic rings. The largest absolute Gasteiger partial charge is 0.307 e. The van der Waals surface area contributed by atoms with Crippen LogP contribution in [0.15, 0.2) is 54.6 Å². The number of hydrogen-bond donors (Lipinski definition) is 1. The molecule has 0 bridgehead atoms. The summed E-state index contributed by atoms with van der Waals surface area (Å²) in [6, 6.07) is 17.0. The molecule has 2 aromatic carbocycles. The highest BCUT2D eigenvalue weighted by Crippen LogP contribution is 2.21. The second kappa shape index (κ2) is 5.60. The lowest BCUT2D eigenvalue weighted by Crippen LogP contribution is -2.21. The van der Waals surface area contributed by atoms with Gasteiger partial charge >= 0.3 is 0 Å². The van der Waals surface area contributed by atoms with Crippen molar-refractivity contribution in [3.05, 3.63) is 71.5 Å². The van der Waals surface area contributed by atoms with E-state index >= 15 is 0 Å². The van der Waals surface area contributed by atoms with Crippen LogP contribution >= 0.6 is 0 Å². The first-order chi connectivity index (χ1) is 8.31. The predicted molar refractivity (Wildman–Crippen MR) is 68.4 cm³/mol. The van der Waals surface area contributed by atoms with Crippen LogP contribution in [0, 0.1) is 5.82 Å². The van der Waals surface area contributed by atoms with Gasteiger partial charge in [0.2, 0.25) is 0 Å². The molecule has 2 heteroatoms. The Morgan fingerprint density at radius 1 is 0.941 bits per heavy atom. The monoisotopic (exact) mass is 229 g/mol. The van der Waals surface area contributed by atoms with Crippen molar-refractivity contribution in [3.8, 4) is 0 Å². The van der Waals surface area contributed by atoms with E-state index in [1.54, 1.807) is 0 Å². The van der Waals surface area contributed by atoms with Crippen molar-refractivity contribution in [1.82, 2.24) is 5.32 Å². The van der Waals surface area contributed by atoms with E-state index in [0.717, 1.165) is 12.1 Å². The van der Waals surface area contributed by atoms with Gasteiger partial charge in [-0.15, -0.1) is 0 Å². The fourth-order valence-electron chi connectivity index (χ4n) is 1.93. The smallest absolute Gasteiger partial charge is 0.123 e. The zero-order valence-electron chi connectivity index (χ0n) is 9.86. The van der Waals surface area contributed by atoms with Crippen molar-refractivity contribution in [1.29, 1.82) is 0 Å². The Bertz CT molecular complexity index is 450. The summed E-state index contributed by atoms with van der Waals surface area (Å²) in [5.74, 6) is -0.197. The first-order valence-electron chi connectivity index (χ1n) is 5.85. The van der Waals surface area contributed by atoms with Crippen LogP contribution in [0.2, 0.25) is 0 Å². The molecular weight excluding hydrogens is 213 g/mol. The highest BCUT2D eigenvalue weighted by atomic mass is 19.1. The number of rotatable bonds is 4. The minimum atomic E-state index is -0.197. The van der Waals surface area contributed by atoms with Crippen molar-refractivity contribution < 1.29 is 4.39 Å². The van der Waals surface area contributed by atoms with Crippen LogP contribution in [-0.4, -0.2) is 6.54 Å². The van der Waals surface area contributed by atoms with Crippen LogP contribution in [0.1, 0.15) is 24.1 Å². The first kappa shape index (κ1) is 11.8. The zero-order chi connectivity index (χ0) is 12.1. The Balaban J connectivity index is 2.32. The summed E-state index contributed by atoms with van der Waals surface area (Å²) >= 11 is 0. The maximum Gasteiger partial charge on any atom is 0.123 e. The van der Waals surface area contributed by atoms with E-state index in [0.29, 0.717) is 0 Å². The average molecular weight is 229 g/mol. The van der Waals surface area contributed by atoms with Gasteiger partial charge in [0.15, 0.2) is 0 Å². The molecule has 0 saturated carbocycles. The molecule has 1 atom stereocenters. The minimum absolute atomic E-state index is 0.127. The molecule has 1 nitrogen and oxygen atoms in total. The van der Waals surface area contributed by atoms with Gasteiger partial charge in [0, 0.05) is 0 Å². The van der Waals surface area contributed by atoms with E-state index in [9.17, 15) is 4.39 Å². The minimum Gasteiger partial charge on any atom is -0.307 e. The Labute approximate surface area is 101 Å². The molecule has 2 aromatic rings. The molecule has 0 aliphatic carbocycles. The summed E-state index contributed by atoms with van der Waals surface area (Å²) in [6.45, 7) is 2.94. The summed E-state index contributed by atoms with van der Waals surface area (Å²) in [5.41, 5.74) is 2.28. The lowest BCUT2D eigenvalue weighted by Gasteiger charge is -2.18.